The van der Waals surface area contributed by atoms with E-state index in [1.807, 2.05) is 0 Å². The third-order valence-electron chi connectivity index (χ3n) is 4.32. The van der Waals surface area contributed by atoms with Crippen molar-refractivity contribution in [3.05, 3.63) is 35.6 Å². The highest BCUT2D eigenvalue weighted by Gasteiger charge is 2.34. The smallest absolute Gasteiger partial charge is 0.231 e. The predicted octanol–water partition coefficient (Wildman–Crippen LogP) is 2.45. The van der Waals surface area contributed by atoms with Crippen LogP contribution >= 0.6 is 23.1 Å². The van der Waals surface area contributed by atoms with Gasteiger partial charge in [-0.15, -0.1) is 10.2 Å². The van der Waals surface area contributed by atoms with Gasteiger partial charge in [0.25, 0.3) is 0 Å². The summed E-state index contributed by atoms with van der Waals surface area (Å²) in [6.07, 6.45) is 0.808. The second kappa shape index (κ2) is 9.94. The Morgan fingerprint density at radius 2 is 2.18 bits per heavy atom. The number of aromatic nitrogens is 2. The SMILES string of the molecule is COCCSc1nnc(NC(=O)[C@H]2CC(=O)N(CCc3ccc(F)cc3)C2)s1. The van der Waals surface area contributed by atoms with Crippen molar-refractivity contribution < 1.29 is 18.7 Å². The first kappa shape index (κ1) is 20.7. The number of hydrogen-bond acceptors (Lipinski definition) is 7. The fourth-order valence-corrected chi connectivity index (χ4v) is 4.54. The molecule has 28 heavy (non-hydrogen) atoms. The Bertz CT molecular complexity index is 815. The number of anilines is 1. The maximum Gasteiger partial charge on any atom is 0.231 e. The summed E-state index contributed by atoms with van der Waals surface area (Å²) in [5.41, 5.74) is 0.953. The Balaban J connectivity index is 1.47. The number of thioether (sulfide) groups is 1. The number of nitrogens with one attached hydrogen (secondary N) is 1. The molecule has 150 valence electrons. The third-order valence-corrected chi connectivity index (χ3v) is 6.25. The Labute approximate surface area is 170 Å². The van der Waals surface area contributed by atoms with E-state index in [1.165, 1.54) is 35.2 Å². The largest absolute Gasteiger partial charge is 0.384 e. The number of carbonyl (C=O) groups is 2. The van der Waals surface area contributed by atoms with Gasteiger partial charge in [-0.05, 0) is 24.1 Å². The summed E-state index contributed by atoms with van der Waals surface area (Å²) in [6, 6.07) is 6.22. The number of rotatable bonds is 9. The van der Waals surface area contributed by atoms with Gasteiger partial charge in [0, 0.05) is 32.4 Å². The Kier molecular flexibility index (Phi) is 7.35. The number of ether oxygens (including phenoxy) is 1. The topological polar surface area (TPSA) is 84.4 Å². The van der Waals surface area contributed by atoms with Crippen LogP contribution in [0.25, 0.3) is 0 Å². The molecular weight excluding hydrogens is 403 g/mol. The highest BCUT2D eigenvalue weighted by atomic mass is 32.2. The van der Waals surface area contributed by atoms with Gasteiger partial charge < -0.3 is 15.0 Å². The molecule has 0 radical (unpaired) electrons. The molecule has 0 bridgehead atoms. The van der Waals surface area contributed by atoms with Crippen molar-refractivity contribution >= 4 is 40.0 Å². The van der Waals surface area contributed by atoms with Gasteiger partial charge in [0.15, 0.2) is 4.34 Å². The van der Waals surface area contributed by atoms with E-state index >= 15 is 0 Å². The maximum atomic E-state index is 13.0. The second-order valence-corrected chi connectivity index (χ2v) is 8.64. The standard InChI is InChI=1S/C18H21FN4O3S2/c1-26-8-9-27-18-22-21-17(28-18)20-16(25)13-10-15(24)23(11-13)7-6-12-2-4-14(19)5-3-12/h2-5,13H,6-11H2,1H3,(H,20,21,25)/t13-/m0/s1. The lowest BCUT2D eigenvalue weighted by Crippen LogP contribution is -2.30. The van der Waals surface area contributed by atoms with Crippen LogP contribution in [0.2, 0.25) is 0 Å². The molecule has 1 aromatic heterocycles. The Morgan fingerprint density at radius 1 is 1.39 bits per heavy atom. The van der Waals surface area contributed by atoms with Crippen LogP contribution in [-0.4, -0.2) is 59.5 Å². The summed E-state index contributed by atoms with van der Waals surface area (Å²) >= 11 is 2.82. The van der Waals surface area contributed by atoms with Crippen LogP contribution in [0.5, 0.6) is 0 Å². The van der Waals surface area contributed by atoms with E-state index in [4.69, 9.17) is 4.74 Å². The zero-order valence-electron chi connectivity index (χ0n) is 15.4. The number of benzene rings is 1. The van der Waals surface area contributed by atoms with E-state index in [9.17, 15) is 14.0 Å². The molecule has 7 nitrogen and oxygen atoms in total. The van der Waals surface area contributed by atoms with E-state index in [0.717, 1.165) is 15.7 Å². The summed E-state index contributed by atoms with van der Waals surface area (Å²) < 4.78 is 18.7. The zero-order valence-corrected chi connectivity index (χ0v) is 17.0. The fraction of sp³-hybridized carbons (Fsp3) is 0.444. The molecule has 3 rings (SSSR count). The van der Waals surface area contributed by atoms with Gasteiger partial charge in [-0.25, -0.2) is 4.39 Å². The van der Waals surface area contributed by atoms with Gasteiger partial charge in [0.05, 0.1) is 12.5 Å². The molecule has 1 atom stereocenters. The van der Waals surface area contributed by atoms with E-state index < -0.39 is 5.92 Å². The van der Waals surface area contributed by atoms with Crippen molar-refractivity contribution in [3.63, 3.8) is 0 Å². The molecular formula is C18H21FN4O3S2. The molecule has 2 amide bonds. The lowest BCUT2D eigenvalue weighted by Gasteiger charge is -2.16. The van der Waals surface area contributed by atoms with Crippen LogP contribution in [0.1, 0.15) is 12.0 Å². The number of carbonyl (C=O) groups excluding carboxylic acids is 2. The Hall–Kier alpha value is -2.04. The lowest BCUT2D eigenvalue weighted by molar-refractivity contribution is -0.128. The molecule has 2 heterocycles. The van der Waals surface area contributed by atoms with Gasteiger partial charge in [-0.2, -0.15) is 0 Å². The second-order valence-electron chi connectivity index (χ2n) is 6.32. The maximum absolute atomic E-state index is 13.0. The minimum Gasteiger partial charge on any atom is -0.384 e. The zero-order chi connectivity index (χ0) is 19.9. The average molecular weight is 425 g/mol. The molecule has 1 saturated heterocycles. The average Bonchev–Trinajstić information content (AvgIpc) is 3.28. The van der Waals surface area contributed by atoms with Crippen molar-refractivity contribution in [1.82, 2.24) is 15.1 Å². The molecule has 1 aliphatic heterocycles. The van der Waals surface area contributed by atoms with Crippen LogP contribution in [-0.2, 0) is 20.7 Å². The normalized spacial score (nSPS) is 16.6. The molecule has 0 aliphatic carbocycles. The van der Waals surface area contributed by atoms with Crippen LogP contribution in [0, 0.1) is 11.7 Å². The molecule has 1 aliphatic rings. The minimum absolute atomic E-state index is 0.0460. The van der Waals surface area contributed by atoms with Gasteiger partial charge >= 0.3 is 0 Å². The van der Waals surface area contributed by atoms with Crippen LogP contribution < -0.4 is 5.32 Å². The first-order valence-corrected chi connectivity index (χ1v) is 10.6. The monoisotopic (exact) mass is 424 g/mol. The fourth-order valence-electron chi connectivity index (χ4n) is 2.82. The summed E-state index contributed by atoms with van der Waals surface area (Å²) in [5.74, 6) is -0.194. The van der Waals surface area contributed by atoms with Crippen molar-refractivity contribution in [2.45, 2.75) is 17.2 Å². The number of amides is 2. The van der Waals surface area contributed by atoms with Crippen LogP contribution in [0.4, 0.5) is 9.52 Å². The summed E-state index contributed by atoms with van der Waals surface area (Å²) in [5, 5.41) is 11.2. The number of methoxy groups -OCH3 is 1. The Morgan fingerprint density at radius 3 is 2.93 bits per heavy atom. The van der Waals surface area contributed by atoms with Gasteiger partial charge in [0.1, 0.15) is 5.82 Å². The van der Waals surface area contributed by atoms with E-state index in [-0.39, 0.29) is 24.1 Å². The number of nitrogens with zero attached hydrogens (tertiary/aromatic N) is 3. The summed E-state index contributed by atoms with van der Waals surface area (Å²) in [4.78, 5) is 26.4. The van der Waals surface area contributed by atoms with E-state index in [2.05, 4.69) is 15.5 Å². The number of halogens is 1. The van der Waals surface area contributed by atoms with Crippen molar-refractivity contribution in [2.24, 2.45) is 5.92 Å². The molecule has 2 aromatic rings. The molecule has 0 spiro atoms. The molecule has 0 saturated carbocycles. The quantitative estimate of drug-likeness (QED) is 0.378. The molecule has 0 unspecified atom stereocenters. The van der Waals surface area contributed by atoms with Gasteiger partial charge in [-0.1, -0.05) is 35.2 Å². The first-order valence-electron chi connectivity index (χ1n) is 8.83. The van der Waals surface area contributed by atoms with Gasteiger partial charge in [0.2, 0.25) is 16.9 Å². The highest BCUT2D eigenvalue weighted by Crippen LogP contribution is 2.26. The van der Waals surface area contributed by atoms with E-state index in [0.29, 0.717) is 31.2 Å². The van der Waals surface area contributed by atoms with Crippen LogP contribution in [0.15, 0.2) is 28.6 Å². The van der Waals surface area contributed by atoms with Crippen LogP contribution in [0.3, 0.4) is 0 Å². The van der Waals surface area contributed by atoms with E-state index in [1.54, 1.807) is 24.1 Å². The molecule has 10 heteroatoms. The van der Waals surface area contributed by atoms with Crippen molar-refractivity contribution in [3.8, 4) is 0 Å². The molecule has 1 fully saturated rings. The van der Waals surface area contributed by atoms with Crippen molar-refractivity contribution in [2.75, 3.05) is 37.9 Å². The van der Waals surface area contributed by atoms with Gasteiger partial charge in [-0.3, -0.25) is 9.59 Å². The summed E-state index contributed by atoms with van der Waals surface area (Å²) in [6.45, 7) is 1.50. The summed E-state index contributed by atoms with van der Waals surface area (Å²) in [7, 11) is 1.64. The van der Waals surface area contributed by atoms with Crippen molar-refractivity contribution in [1.29, 1.82) is 0 Å². The predicted molar refractivity (Wildman–Crippen MR) is 106 cm³/mol. The number of hydrogen-bond donors (Lipinski definition) is 1. The lowest BCUT2D eigenvalue weighted by atomic mass is 10.1. The first-order chi connectivity index (χ1) is 13.5. The molecule has 1 N–H and O–H groups in total. The third kappa shape index (κ3) is 5.73. The minimum atomic E-state index is -0.408. The number of likely N-dealkylation sites (tertiary alicyclic amines) is 1. The highest BCUT2D eigenvalue weighted by molar-refractivity contribution is 8.01. The molecule has 1 aromatic carbocycles.